The van der Waals surface area contributed by atoms with Gasteiger partial charge in [0, 0.05) is 11.6 Å². The lowest BCUT2D eigenvalue weighted by Gasteiger charge is -2.00. The highest BCUT2D eigenvalue weighted by atomic mass is 32.1. The van der Waals surface area contributed by atoms with E-state index in [4.69, 9.17) is 5.73 Å². The summed E-state index contributed by atoms with van der Waals surface area (Å²) >= 11 is 6.08. The molecule has 0 saturated heterocycles. The molecule has 1 amide bonds. The third kappa shape index (κ3) is 3.95. The predicted octanol–water partition coefficient (Wildman–Crippen LogP) is 0.435. The van der Waals surface area contributed by atoms with E-state index in [9.17, 15) is 4.79 Å². The summed E-state index contributed by atoms with van der Waals surface area (Å²) in [5.41, 5.74) is 5.20. The van der Waals surface area contributed by atoms with Crippen LogP contribution in [0.4, 0.5) is 0 Å². The zero-order valence-corrected chi connectivity index (χ0v) is 8.45. The van der Waals surface area contributed by atoms with Crippen molar-refractivity contribution in [2.45, 2.75) is 13.0 Å². The molecular weight excluding hydrogens is 206 g/mol. The summed E-state index contributed by atoms with van der Waals surface area (Å²) < 4.78 is 0. The van der Waals surface area contributed by atoms with Gasteiger partial charge in [0.15, 0.2) is 0 Å². The van der Waals surface area contributed by atoms with E-state index in [1.807, 2.05) is 5.38 Å². The van der Waals surface area contributed by atoms with E-state index in [1.165, 1.54) is 11.3 Å². The molecule has 0 aliphatic rings. The molecule has 13 heavy (non-hydrogen) atoms. The standard InChI is InChI=1S/C7H9N3OS2/c8-5(12)3-6(11)10-4-7-9-1-2-13-7/h1-2H,3-4H2,(H2,8,12)(H,10,11). The molecule has 0 aliphatic heterocycles. The third-order valence-electron chi connectivity index (χ3n) is 1.26. The van der Waals surface area contributed by atoms with E-state index in [0.717, 1.165) is 5.01 Å². The van der Waals surface area contributed by atoms with Crippen molar-refractivity contribution in [2.24, 2.45) is 5.73 Å². The first-order chi connectivity index (χ1) is 6.18. The Balaban J connectivity index is 2.27. The van der Waals surface area contributed by atoms with Gasteiger partial charge in [0.25, 0.3) is 0 Å². The fourth-order valence-corrected chi connectivity index (χ4v) is 1.42. The highest BCUT2D eigenvalue weighted by Gasteiger charge is 2.03. The van der Waals surface area contributed by atoms with Crippen LogP contribution >= 0.6 is 23.6 Å². The van der Waals surface area contributed by atoms with Gasteiger partial charge >= 0.3 is 0 Å². The maximum atomic E-state index is 11.0. The lowest BCUT2D eigenvalue weighted by molar-refractivity contribution is -0.120. The molecule has 70 valence electrons. The molecule has 0 bridgehead atoms. The molecular formula is C7H9N3OS2. The Bertz CT molecular complexity index is 297. The number of nitrogens with one attached hydrogen (secondary N) is 1. The minimum absolute atomic E-state index is 0.0979. The molecule has 6 heteroatoms. The number of amides is 1. The highest BCUT2D eigenvalue weighted by Crippen LogP contribution is 2.02. The number of nitrogens with zero attached hydrogens (tertiary/aromatic N) is 1. The Kier molecular flexibility index (Phi) is 3.78. The Labute approximate surface area is 85.2 Å². The number of nitrogens with two attached hydrogens (primary N) is 1. The van der Waals surface area contributed by atoms with Crippen molar-refractivity contribution in [3.63, 3.8) is 0 Å². The number of thiocarbonyl (C=S) groups is 1. The summed E-state index contributed by atoms with van der Waals surface area (Å²) in [6.45, 7) is 0.444. The molecule has 1 aromatic heterocycles. The van der Waals surface area contributed by atoms with Crippen molar-refractivity contribution >= 4 is 34.5 Å². The number of hydrogen-bond acceptors (Lipinski definition) is 4. The third-order valence-corrected chi connectivity index (χ3v) is 2.18. The monoisotopic (exact) mass is 215 g/mol. The van der Waals surface area contributed by atoms with Crippen LogP contribution in [0, 0.1) is 0 Å². The number of aromatic nitrogens is 1. The number of carbonyl (C=O) groups excluding carboxylic acids is 1. The zero-order chi connectivity index (χ0) is 9.68. The molecule has 0 saturated carbocycles. The van der Waals surface area contributed by atoms with Crippen molar-refractivity contribution < 1.29 is 4.79 Å². The van der Waals surface area contributed by atoms with Gasteiger partial charge in [-0.3, -0.25) is 4.79 Å². The molecule has 0 radical (unpaired) electrons. The highest BCUT2D eigenvalue weighted by molar-refractivity contribution is 7.80. The van der Waals surface area contributed by atoms with Crippen molar-refractivity contribution in [2.75, 3.05) is 0 Å². The summed E-state index contributed by atoms with van der Waals surface area (Å²) in [7, 11) is 0. The SMILES string of the molecule is NC(=S)CC(=O)NCc1nccs1. The molecule has 1 heterocycles. The average molecular weight is 215 g/mol. The lowest BCUT2D eigenvalue weighted by Crippen LogP contribution is -2.27. The first kappa shape index (κ1) is 10.1. The Morgan fingerprint density at radius 1 is 1.77 bits per heavy atom. The summed E-state index contributed by atoms with van der Waals surface area (Å²) in [6.07, 6.45) is 1.79. The summed E-state index contributed by atoms with van der Waals surface area (Å²) in [4.78, 5) is 15.3. The van der Waals surface area contributed by atoms with Gasteiger partial charge in [0.1, 0.15) is 5.01 Å². The lowest BCUT2D eigenvalue weighted by atomic mass is 10.4. The van der Waals surface area contributed by atoms with Crippen LogP contribution in [0.15, 0.2) is 11.6 Å². The van der Waals surface area contributed by atoms with Crippen LogP contribution in [-0.2, 0) is 11.3 Å². The number of rotatable bonds is 4. The number of carbonyl (C=O) groups is 1. The number of thiazole rings is 1. The van der Waals surface area contributed by atoms with Crippen molar-refractivity contribution in [3.8, 4) is 0 Å². The van der Waals surface area contributed by atoms with E-state index in [1.54, 1.807) is 6.20 Å². The Hall–Kier alpha value is -1.01. The maximum Gasteiger partial charge on any atom is 0.227 e. The van der Waals surface area contributed by atoms with Crippen LogP contribution in [0.3, 0.4) is 0 Å². The molecule has 0 spiro atoms. The largest absolute Gasteiger partial charge is 0.393 e. The number of hydrogen-bond donors (Lipinski definition) is 2. The second-order valence-electron chi connectivity index (χ2n) is 2.35. The van der Waals surface area contributed by atoms with Crippen LogP contribution in [0.25, 0.3) is 0 Å². The second-order valence-corrected chi connectivity index (χ2v) is 3.85. The van der Waals surface area contributed by atoms with Crippen LogP contribution < -0.4 is 11.1 Å². The quantitative estimate of drug-likeness (QED) is 0.715. The van der Waals surface area contributed by atoms with Gasteiger partial charge in [-0.15, -0.1) is 11.3 Å². The van der Waals surface area contributed by atoms with Crippen molar-refractivity contribution in [3.05, 3.63) is 16.6 Å². The van der Waals surface area contributed by atoms with E-state index >= 15 is 0 Å². The first-order valence-electron chi connectivity index (χ1n) is 3.62. The maximum absolute atomic E-state index is 11.0. The fourth-order valence-electron chi connectivity index (χ4n) is 0.735. The smallest absolute Gasteiger partial charge is 0.227 e. The van der Waals surface area contributed by atoms with Crippen molar-refractivity contribution in [1.82, 2.24) is 10.3 Å². The molecule has 1 rings (SSSR count). The summed E-state index contributed by atoms with van der Waals surface area (Å²) in [5.74, 6) is -0.164. The van der Waals surface area contributed by atoms with Gasteiger partial charge in [-0.25, -0.2) is 4.98 Å². The predicted molar refractivity (Wildman–Crippen MR) is 55.4 cm³/mol. The Morgan fingerprint density at radius 2 is 2.54 bits per heavy atom. The van der Waals surface area contributed by atoms with Gasteiger partial charge in [0.05, 0.1) is 18.0 Å². The molecule has 0 atom stereocenters. The molecule has 1 aromatic rings. The molecule has 3 N–H and O–H groups in total. The van der Waals surface area contributed by atoms with Crippen LogP contribution in [-0.4, -0.2) is 15.9 Å². The van der Waals surface area contributed by atoms with Gasteiger partial charge in [-0.1, -0.05) is 12.2 Å². The fraction of sp³-hybridized carbons (Fsp3) is 0.286. The topological polar surface area (TPSA) is 68.0 Å². The van der Waals surface area contributed by atoms with Gasteiger partial charge < -0.3 is 11.1 Å². The van der Waals surface area contributed by atoms with Crippen molar-refractivity contribution in [1.29, 1.82) is 0 Å². The molecule has 4 nitrogen and oxygen atoms in total. The summed E-state index contributed by atoms with van der Waals surface area (Å²) in [6, 6.07) is 0. The van der Waals surface area contributed by atoms with Gasteiger partial charge in [0.2, 0.25) is 5.91 Å². The van der Waals surface area contributed by atoms with Crippen LogP contribution in [0.5, 0.6) is 0 Å². The van der Waals surface area contributed by atoms with Crippen LogP contribution in [0.1, 0.15) is 11.4 Å². The molecule has 0 aromatic carbocycles. The average Bonchev–Trinajstić information content (AvgIpc) is 2.51. The minimum Gasteiger partial charge on any atom is -0.393 e. The molecule has 0 unspecified atom stereocenters. The van der Waals surface area contributed by atoms with Gasteiger partial charge in [-0.2, -0.15) is 0 Å². The Morgan fingerprint density at radius 3 is 3.08 bits per heavy atom. The zero-order valence-electron chi connectivity index (χ0n) is 6.82. The first-order valence-corrected chi connectivity index (χ1v) is 4.90. The van der Waals surface area contributed by atoms with Crippen LogP contribution in [0.2, 0.25) is 0 Å². The van der Waals surface area contributed by atoms with E-state index < -0.39 is 0 Å². The van der Waals surface area contributed by atoms with Gasteiger partial charge in [-0.05, 0) is 0 Å². The minimum atomic E-state index is -0.164. The second kappa shape index (κ2) is 4.88. The molecule has 0 fully saturated rings. The van der Waals surface area contributed by atoms with E-state index in [0.29, 0.717) is 6.54 Å². The summed E-state index contributed by atoms with van der Waals surface area (Å²) in [5, 5.41) is 5.39. The van der Waals surface area contributed by atoms with E-state index in [-0.39, 0.29) is 17.3 Å². The molecule has 0 aliphatic carbocycles. The van der Waals surface area contributed by atoms with E-state index in [2.05, 4.69) is 22.5 Å². The normalized spacial score (nSPS) is 9.54.